The fourth-order valence-corrected chi connectivity index (χ4v) is 6.42. The van der Waals surface area contributed by atoms with Gasteiger partial charge in [0.1, 0.15) is 6.61 Å². The quantitative estimate of drug-likeness (QED) is 0.0289. The van der Waals surface area contributed by atoms with Crippen molar-refractivity contribution in [3.8, 4) is 0 Å². The molecule has 0 aromatic heterocycles. The zero-order valence-electron chi connectivity index (χ0n) is 35.2. The highest BCUT2D eigenvalue weighted by Crippen LogP contribution is 2.15. The van der Waals surface area contributed by atoms with Crippen molar-refractivity contribution in [1.29, 1.82) is 0 Å². The molecule has 0 heterocycles. The van der Waals surface area contributed by atoms with Crippen LogP contribution in [0.15, 0.2) is 24.3 Å². The van der Waals surface area contributed by atoms with E-state index >= 15 is 0 Å². The average molecular weight is 751 g/mol. The lowest BCUT2D eigenvalue weighted by Gasteiger charge is -2.31. The Morgan fingerprint density at radius 1 is 0.566 bits per heavy atom. The number of quaternary nitrogens is 1. The first kappa shape index (κ1) is 50.8. The number of ether oxygens (including phenoxy) is 3. The molecule has 0 aromatic rings. The van der Waals surface area contributed by atoms with Gasteiger partial charge in [0.25, 0.3) is 0 Å². The maximum atomic E-state index is 12.7. The molecule has 8 heteroatoms. The normalized spacial score (nSPS) is 13.2. The second kappa shape index (κ2) is 36.8. The molecule has 0 fully saturated rings. The number of likely N-dealkylation sites (N-methyl/N-ethyl adjacent to an activating group) is 1. The molecule has 53 heavy (non-hydrogen) atoms. The number of hydrogen-bond acceptors (Lipinski definition) is 6. The van der Waals surface area contributed by atoms with Gasteiger partial charge in [-0.25, -0.2) is 4.79 Å². The Labute approximate surface area is 326 Å². The van der Waals surface area contributed by atoms with E-state index in [0.29, 0.717) is 19.3 Å². The van der Waals surface area contributed by atoms with Crippen molar-refractivity contribution in [2.75, 3.05) is 41.0 Å². The molecule has 0 aromatic carbocycles. The number of esters is 2. The van der Waals surface area contributed by atoms with Crippen molar-refractivity contribution < 1.29 is 38.2 Å². The van der Waals surface area contributed by atoms with E-state index in [1.165, 1.54) is 109 Å². The van der Waals surface area contributed by atoms with Crippen LogP contribution in [0.1, 0.15) is 194 Å². The molecule has 0 aliphatic heterocycles. The lowest BCUT2D eigenvalue weighted by molar-refractivity contribution is -0.887. The molecule has 0 radical (unpaired) electrons. The summed E-state index contributed by atoms with van der Waals surface area (Å²) in [5, 5.41) is 9.61. The van der Waals surface area contributed by atoms with Crippen LogP contribution in [0, 0.1) is 0 Å². The summed E-state index contributed by atoms with van der Waals surface area (Å²) in [5.74, 6) is -1.47. The molecule has 310 valence electrons. The highest BCUT2D eigenvalue weighted by Gasteiger charge is 2.31. The molecule has 2 unspecified atom stereocenters. The van der Waals surface area contributed by atoms with Gasteiger partial charge in [0.05, 0.1) is 34.4 Å². The van der Waals surface area contributed by atoms with Gasteiger partial charge >= 0.3 is 17.9 Å². The van der Waals surface area contributed by atoms with Crippen LogP contribution in [0.2, 0.25) is 0 Å². The van der Waals surface area contributed by atoms with Crippen molar-refractivity contribution in [1.82, 2.24) is 0 Å². The molecule has 8 nitrogen and oxygen atoms in total. The largest absolute Gasteiger partial charge is 0.477 e. The third kappa shape index (κ3) is 35.3. The number of nitrogens with zero attached hydrogens (tertiary/aromatic N) is 1. The van der Waals surface area contributed by atoms with E-state index in [1.807, 2.05) is 21.1 Å². The predicted octanol–water partition coefficient (Wildman–Crippen LogP) is 11.7. The highest BCUT2D eigenvalue weighted by atomic mass is 16.6. The van der Waals surface area contributed by atoms with Gasteiger partial charge in [0.15, 0.2) is 12.1 Å². The van der Waals surface area contributed by atoms with Crippen LogP contribution in [-0.2, 0) is 28.6 Å². The van der Waals surface area contributed by atoms with Crippen molar-refractivity contribution in [3.63, 3.8) is 0 Å². The second-order valence-corrected chi connectivity index (χ2v) is 16.0. The minimum absolute atomic E-state index is 0.0501. The van der Waals surface area contributed by atoms with Gasteiger partial charge in [-0.1, -0.05) is 154 Å². The van der Waals surface area contributed by atoms with Crippen LogP contribution in [0.5, 0.6) is 0 Å². The fraction of sp³-hybridized carbons (Fsp3) is 0.844. The Balaban J connectivity index is 4.34. The van der Waals surface area contributed by atoms with E-state index in [0.717, 1.165) is 51.4 Å². The average Bonchev–Trinajstić information content (AvgIpc) is 3.11. The Hall–Kier alpha value is -2.19. The molecule has 0 bridgehead atoms. The number of carbonyl (C=O) groups is 3. The minimum atomic E-state index is -0.875. The van der Waals surface area contributed by atoms with Crippen LogP contribution >= 0.6 is 0 Å². The maximum Gasteiger partial charge on any atom is 0.362 e. The van der Waals surface area contributed by atoms with Crippen molar-refractivity contribution >= 4 is 17.9 Å². The van der Waals surface area contributed by atoms with E-state index in [-0.39, 0.29) is 36.2 Å². The first-order valence-electron chi connectivity index (χ1n) is 21.9. The van der Waals surface area contributed by atoms with E-state index in [1.54, 1.807) is 0 Å². The molecule has 0 spiro atoms. The molecule has 2 atom stereocenters. The van der Waals surface area contributed by atoms with E-state index < -0.39 is 18.1 Å². The number of carboxylic acids is 1. The van der Waals surface area contributed by atoms with Crippen LogP contribution < -0.4 is 0 Å². The maximum absolute atomic E-state index is 12.7. The van der Waals surface area contributed by atoms with Gasteiger partial charge in [-0.15, -0.1) is 0 Å². The van der Waals surface area contributed by atoms with Crippen molar-refractivity contribution in [3.05, 3.63) is 24.3 Å². The van der Waals surface area contributed by atoms with Crippen LogP contribution in [0.25, 0.3) is 0 Å². The predicted molar refractivity (Wildman–Crippen MR) is 220 cm³/mol. The summed E-state index contributed by atoms with van der Waals surface area (Å²) in [6.07, 6.45) is 39.2. The van der Waals surface area contributed by atoms with Crippen LogP contribution in [0.3, 0.4) is 0 Å². The molecule has 0 saturated carbocycles. The van der Waals surface area contributed by atoms with Gasteiger partial charge in [-0.3, -0.25) is 9.59 Å². The number of hydrogen-bond donors (Lipinski definition) is 1. The van der Waals surface area contributed by atoms with Gasteiger partial charge in [0.2, 0.25) is 0 Å². The number of allylic oxidation sites excluding steroid dienone is 4. The third-order valence-electron chi connectivity index (χ3n) is 9.85. The fourth-order valence-electron chi connectivity index (χ4n) is 6.42. The van der Waals surface area contributed by atoms with Gasteiger partial charge in [-0.05, 0) is 44.9 Å². The van der Waals surface area contributed by atoms with E-state index in [9.17, 15) is 19.5 Å². The van der Waals surface area contributed by atoms with Gasteiger partial charge < -0.3 is 23.8 Å². The van der Waals surface area contributed by atoms with E-state index in [2.05, 4.69) is 38.2 Å². The standard InChI is InChI=1S/C45H83NO7/c1-6-8-10-12-14-16-18-20-21-22-23-24-26-28-30-32-34-36-44(48)53-41(39-51-38-37-42(45(49)50)46(3,4)5)40-52-43(47)35-33-31-29-27-25-19-17-15-13-11-9-7-2/h14,16,20-21,41-42H,6-13,15,17-19,22-40H2,1-5H3/p+1/b16-14+,21-20+. The number of rotatable bonds is 39. The first-order chi connectivity index (χ1) is 25.6. The zero-order valence-corrected chi connectivity index (χ0v) is 35.2. The van der Waals surface area contributed by atoms with Crippen LogP contribution in [-0.4, -0.2) is 80.6 Å². The number of unbranched alkanes of at least 4 members (excludes halogenated alkanes) is 21. The van der Waals surface area contributed by atoms with Crippen molar-refractivity contribution in [2.45, 2.75) is 206 Å². The lowest BCUT2D eigenvalue weighted by Crippen LogP contribution is -2.50. The summed E-state index contributed by atoms with van der Waals surface area (Å²) < 4.78 is 17.3. The lowest BCUT2D eigenvalue weighted by atomic mass is 10.0. The summed E-state index contributed by atoms with van der Waals surface area (Å²) in [6, 6.07) is -0.612. The van der Waals surface area contributed by atoms with E-state index in [4.69, 9.17) is 14.2 Å². The van der Waals surface area contributed by atoms with Gasteiger partial charge in [0, 0.05) is 19.3 Å². The smallest absolute Gasteiger partial charge is 0.362 e. The topological polar surface area (TPSA) is 99.1 Å². The zero-order chi connectivity index (χ0) is 39.3. The first-order valence-corrected chi connectivity index (χ1v) is 21.9. The SMILES string of the molecule is CCCCC/C=C/C/C=C/CCCCCCCCCC(=O)OC(COCCC(C(=O)O)[N+](C)(C)C)COC(=O)CCCCCCCCCCCCCC. The summed E-state index contributed by atoms with van der Waals surface area (Å²) in [6.45, 7) is 4.71. The minimum Gasteiger partial charge on any atom is -0.477 e. The Kier molecular flexibility index (Phi) is 35.2. The molecule has 0 aliphatic carbocycles. The molecule has 0 amide bonds. The number of carbonyl (C=O) groups excluding carboxylic acids is 2. The Bertz CT molecular complexity index is 926. The summed E-state index contributed by atoms with van der Waals surface area (Å²) in [4.78, 5) is 36.9. The molecule has 0 saturated heterocycles. The summed E-state index contributed by atoms with van der Waals surface area (Å²) in [7, 11) is 5.53. The second-order valence-electron chi connectivity index (χ2n) is 16.0. The summed E-state index contributed by atoms with van der Waals surface area (Å²) in [5.41, 5.74) is 0. The molecular formula is C45H84NO7+. The Morgan fingerprint density at radius 2 is 1.00 bits per heavy atom. The molecule has 1 N–H and O–H groups in total. The third-order valence-corrected chi connectivity index (χ3v) is 9.85. The van der Waals surface area contributed by atoms with Crippen molar-refractivity contribution in [2.24, 2.45) is 0 Å². The molecular weight excluding hydrogens is 666 g/mol. The molecule has 0 rings (SSSR count). The number of carboxylic acid groups (broad SMARTS) is 1. The Morgan fingerprint density at radius 3 is 1.49 bits per heavy atom. The highest BCUT2D eigenvalue weighted by molar-refractivity contribution is 5.72. The monoisotopic (exact) mass is 751 g/mol. The van der Waals surface area contributed by atoms with Crippen LogP contribution in [0.4, 0.5) is 0 Å². The number of aliphatic carboxylic acids is 1. The van der Waals surface area contributed by atoms with Gasteiger partial charge in [-0.2, -0.15) is 0 Å². The molecule has 0 aliphatic rings. The summed E-state index contributed by atoms with van der Waals surface area (Å²) >= 11 is 0.